The van der Waals surface area contributed by atoms with Gasteiger partial charge in [0.2, 0.25) is 0 Å². The second-order valence-corrected chi connectivity index (χ2v) is 4.33. The van der Waals surface area contributed by atoms with E-state index in [1.54, 1.807) is 0 Å². The molecule has 0 aliphatic carbocycles. The van der Waals surface area contributed by atoms with E-state index in [0.29, 0.717) is 6.04 Å². The Bertz CT molecular complexity index is 224. The minimum Gasteiger partial charge on any atom is -0.860 e. The van der Waals surface area contributed by atoms with Gasteiger partial charge in [-0.1, -0.05) is 18.9 Å². The molecule has 0 N–H and O–H groups in total. The van der Waals surface area contributed by atoms with E-state index in [4.69, 9.17) is 12.6 Å². The second-order valence-electron chi connectivity index (χ2n) is 3.92. The molecule has 0 amide bonds. The molecule has 0 aromatic rings. The molecule has 82 valence electrons. The van der Waals surface area contributed by atoms with Crippen LogP contribution >= 0.6 is 0 Å². The van der Waals surface area contributed by atoms with E-state index in [1.807, 2.05) is 18.7 Å². The van der Waals surface area contributed by atoms with Gasteiger partial charge in [-0.2, -0.15) is 5.75 Å². The molecule has 1 fully saturated rings. The number of hydrogen-bond acceptors (Lipinski definition) is 3. The van der Waals surface area contributed by atoms with Crippen LogP contribution in [0.4, 0.5) is 0 Å². The number of allylic oxidation sites excluding steroid dienone is 1. The Kier molecular flexibility index (Phi) is 11.9. The third-order valence-electron chi connectivity index (χ3n) is 2.98. The van der Waals surface area contributed by atoms with Gasteiger partial charge in [0.25, 0.3) is 0 Å². The maximum atomic E-state index is 11.9. The smallest absolute Gasteiger partial charge is 0.860 e. The number of rotatable bonds is 4. The van der Waals surface area contributed by atoms with Gasteiger partial charge in [0, 0.05) is 12.6 Å². The monoisotopic (exact) mass is 227 g/mol. The molecule has 0 bridgehead atoms. The molecular formula is C11H19Li2NOS. The van der Waals surface area contributed by atoms with Crippen LogP contribution in [0, 0.1) is 0 Å². The summed E-state index contributed by atoms with van der Waals surface area (Å²) >= 11 is 4.98. The zero-order chi connectivity index (χ0) is 10.6. The maximum absolute atomic E-state index is 11.9. The van der Waals surface area contributed by atoms with Crippen LogP contribution in [0.3, 0.4) is 0 Å². The molecule has 0 aromatic heterocycles. The summed E-state index contributed by atoms with van der Waals surface area (Å²) in [5.74, 6) is 1.01. The molecule has 1 saturated heterocycles. The molecule has 0 saturated carbocycles. The van der Waals surface area contributed by atoms with Crippen molar-refractivity contribution in [2.24, 2.45) is 0 Å². The average molecular weight is 227 g/mol. The summed E-state index contributed by atoms with van der Waals surface area (Å²) < 4.78 is 0. The first-order valence-electron chi connectivity index (χ1n) is 5.42. The molecule has 1 atom stereocenters. The van der Waals surface area contributed by atoms with Crippen LogP contribution in [-0.2, 0) is 12.6 Å². The molecule has 1 aliphatic rings. The minimum atomic E-state index is 0. The molecule has 0 aromatic carbocycles. The fourth-order valence-corrected chi connectivity index (χ4v) is 2.21. The molecule has 1 aliphatic heterocycles. The summed E-state index contributed by atoms with van der Waals surface area (Å²) in [6.07, 6.45) is 4.12. The summed E-state index contributed by atoms with van der Waals surface area (Å²) in [5.41, 5.74) is 0.973. The largest absolute Gasteiger partial charge is 1.00 e. The Labute approximate surface area is 129 Å². The Hall–Kier alpha value is 0.885. The van der Waals surface area contributed by atoms with Crippen LogP contribution in [0.5, 0.6) is 0 Å². The van der Waals surface area contributed by atoms with Crippen LogP contribution in [0.25, 0.3) is 0 Å². The Morgan fingerprint density at radius 3 is 2.56 bits per heavy atom. The van der Waals surface area contributed by atoms with Crippen LogP contribution in [0.1, 0.15) is 39.5 Å². The van der Waals surface area contributed by atoms with Gasteiger partial charge in [-0.05, 0) is 32.1 Å². The van der Waals surface area contributed by atoms with Crippen molar-refractivity contribution in [2.45, 2.75) is 45.6 Å². The van der Waals surface area contributed by atoms with Crippen molar-refractivity contribution in [2.75, 3.05) is 12.3 Å². The molecular weight excluding hydrogens is 208 g/mol. The maximum Gasteiger partial charge on any atom is 1.00 e. The van der Waals surface area contributed by atoms with Crippen LogP contribution < -0.4 is 42.8 Å². The Balaban J connectivity index is 0. The summed E-state index contributed by atoms with van der Waals surface area (Å²) in [6.45, 7) is 4.90. The first-order valence-corrected chi connectivity index (χ1v) is 6.00. The third-order valence-corrected chi connectivity index (χ3v) is 3.22. The van der Waals surface area contributed by atoms with E-state index in [-0.39, 0.29) is 43.6 Å². The predicted molar refractivity (Wildman–Crippen MR) is 59.6 cm³/mol. The van der Waals surface area contributed by atoms with Gasteiger partial charge in [-0.3, -0.25) is 0 Å². The van der Waals surface area contributed by atoms with Gasteiger partial charge in [0.15, 0.2) is 0 Å². The molecule has 1 heterocycles. The summed E-state index contributed by atoms with van der Waals surface area (Å²) in [6, 6.07) is 0.418. The molecule has 0 spiro atoms. The van der Waals surface area contributed by atoms with E-state index >= 15 is 0 Å². The first-order chi connectivity index (χ1) is 6.70. The SMILES string of the molecule is CC/C(C)=C(\[O-])N1CCC[C@H]1CC[S-].[Li+].[Li+]. The first kappa shape index (κ1) is 19.2. The quantitative estimate of drug-likeness (QED) is 0.275. The molecule has 1 rings (SSSR count). The van der Waals surface area contributed by atoms with Gasteiger partial charge >= 0.3 is 37.7 Å². The van der Waals surface area contributed by atoms with E-state index in [9.17, 15) is 5.11 Å². The second kappa shape index (κ2) is 9.87. The van der Waals surface area contributed by atoms with E-state index in [2.05, 4.69) is 0 Å². The van der Waals surface area contributed by atoms with Gasteiger partial charge in [-0.15, -0.1) is 0 Å². The van der Waals surface area contributed by atoms with Crippen molar-refractivity contribution in [3.05, 3.63) is 11.5 Å². The van der Waals surface area contributed by atoms with Gasteiger partial charge < -0.3 is 22.6 Å². The van der Waals surface area contributed by atoms with Crippen molar-refractivity contribution < 1.29 is 42.8 Å². The zero-order valence-corrected chi connectivity index (χ0v) is 11.9. The molecule has 0 unspecified atom stereocenters. The molecule has 2 nitrogen and oxygen atoms in total. The van der Waals surface area contributed by atoms with E-state index in [0.717, 1.165) is 43.6 Å². The van der Waals surface area contributed by atoms with Crippen molar-refractivity contribution in [3.63, 3.8) is 0 Å². The summed E-state index contributed by atoms with van der Waals surface area (Å²) in [7, 11) is 0. The standard InChI is InChI=1S/C11H21NOS.2Li/c1-3-9(2)11(13)12-7-4-5-10(12)6-8-14;;/h10,13-14H,3-8H2,1-2H3;;/q;2*+1/p-2/b11-9-;;/t10-;;/m0../s1. The Morgan fingerprint density at radius 1 is 1.44 bits per heavy atom. The van der Waals surface area contributed by atoms with Crippen molar-refractivity contribution in [1.29, 1.82) is 0 Å². The fraction of sp³-hybridized carbons (Fsp3) is 0.818. The molecule has 5 heteroatoms. The fourth-order valence-electron chi connectivity index (χ4n) is 1.94. The minimum absolute atomic E-state index is 0. The van der Waals surface area contributed by atoms with Crippen LogP contribution in [0.15, 0.2) is 11.5 Å². The van der Waals surface area contributed by atoms with Crippen molar-refractivity contribution >= 4 is 12.6 Å². The Morgan fingerprint density at radius 2 is 2.06 bits per heavy atom. The molecule has 0 radical (unpaired) electrons. The van der Waals surface area contributed by atoms with Crippen molar-refractivity contribution in [3.8, 4) is 0 Å². The van der Waals surface area contributed by atoms with E-state index in [1.165, 1.54) is 0 Å². The zero-order valence-electron chi connectivity index (χ0n) is 11.1. The van der Waals surface area contributed by atoms with Gasteiger partial charge in [0.05, 0.1) is 0 Å². The summed E-state index contributed by atoms with van der Waals surface area (Å²) in [4.78, 5) is 2.02. The average Bonchev–Trinajstić information content (AvgIpc) is 2.64. The topological polar surface area (TPSA) is 26.3 Å². The third kappa shape index (κ3) is 5.03. The van der Waals surface area contributed by atoms with Gasteiger partial charge in [-0.25, -0.2) is 0 Å². The van der Waals surface area contributed by atoms with Gasteiger partial charge in [0.1, 0.15) is 0 Å². The summed E-state index contributed by atoms with van der Waals surface area (Å²) in [5, 5.41) is 11.9. The number of hydrogen-bond donors (Lipinski definition) is 0. The van der Waals surface area contributed by atoms with E-state index < -0.39 is 0 Å². The number of likely N-dealkylation sites (tertiary alicyclic amines) is 1. The molecule has 16 heavy (non-hydrogen) atoms. The normalized spacial score (nSPS) is 20.9. The number of nitrogens with zero attached hydrogens (tertiary/aromatic N) is 1. The van der Waals surface area contributed by atoms with Crippen LogP contribution in [0.2, 0.25) is 0 Å². The van der Waals surface area contributed by atoms with Crippen molar-refractivity contribution in [1.82, 2.24) is 4.90 Å². The van der Waals surface area contributed by atoms with Crippen LogP contribution in [-0.4, -0.2) is 23.2 Å². The predicted octanol–water partition coefficient (Wildman–Crippen LogP) is -4.60.